The van der Waals surface area contributed by atoms with Gasteiger partial charge in [0.05, 0.1) is 0 Å². The second kappa shape index (κ2) is 8.51. The fraction of sp³-hybridized carbons (Fsp3) is 0.526. The van der Waals surface area contributed by atoms with Crippen LogP contribution in [0.1, 0.15) is 32.3 Å². The molecule has 2 rings (SSSR count). The molecule has 1 aliphatic rings. The van der Waals surface area contributed by atoms with Crippen LogP contribution in [0.3, 0.4) is 0 Å². The minimum atomic E-state index is 0.163. The van der Waals surface area contributed by atoms with Crippen molar-refractivity contribution in [3.05, 3.63) is 47.0 Å². The Morgan fingerprint density at radius 1 is 1.30 bits per heavy atom. The minimum absolute atomic E-state index is 0.163. The van der Waals surface area contributed by atoms with E-state index in [2.05, 4.69) is 23.6 Å². The van der Waals surface area contributed by atoms with Crippen molar-refractivity contribution < 1.29 is 4.79 Å². The van der Waals surface area contributed by atoms with Crippen LogP contribution in [0.4, 0.5) is 0 Å². The average Bonchev–Trinajstić information content (AvgIpc) is 2.54. The summed E-state index contributed by atoms with van der Waals surface area (Å²) in [5, 5.41) is 0.773. The lowest BCUT2D eigenvalue weighted by Gasteiger charge is -2.34. The average molecular weight is 335 g/mol. The molecule has 0 atom stereocenters. The number of carbonyl (C=O) groups excluding carboxylic acids is 1. The summed E-state index contributed by atoms with van der Waals surface area (Å²) in [7, 11) is 0. The predicted molar refractivity (Wildman–Crippen MR) is 96.5 cm³/mol. The second-order valence-corrected chi connectivity index (χ2v) is 6.92. The van der Waals surface area contributed by atoms with Crippen LogP contribution < -0.4 is 0 Å². The molecule has 0 unspecified atom stereocenters. The fourth-order valence-corrected chi connectivity index (χ4v) is 3.24. The number of carbonyl (C=O) groups is 1. The maximum Gasteiger partial charge on any atom is 0.226 e. The van der Waals surface area contributed by atoms with Gasteiger partial charge in [-0.25, -0.2) is 0 Å². The van der Waals surface area contributed by atoms with E-state index in [0.29, 0.717) is 12.5 Å². The first-order valence-electron chi connectivity index (χ1n) is 8.39. The van der Waals surface area contributed by atoms with Crippen LogP contribution in [0.2, 0.25) is 5.02 Å². The van der Waals surface area contributed by atoms with E-state index in [0.717, 1.165) is 49.6 Å². The van der Waals surface area contributed by atoms with Gasteiger partial charge in [0, 0.05) is 30.6 Å². The van der Waals surface area contributed by atoms with E-state index < -0.39 is 0 Å². The summed E-state index contributed by atoms with van der Waals surface area (Å²) in [6.07, 6.45) is 1.89. The lowest BCUT2D eigenvalue weighted by molar-refractivity contribution is -0.136. The van der Waals surface area contributed by atoms with Crippen molar-refractivity contribution in [3.63, 3.8) is 0 Å². The van der Waals surface area contributed by atoms with Gasteiger partial charge in [0.2, 0.25) is 5.91 Å². The Morgan fingerprint density at radius 2 is 1.91 bits per heavy atom. The number of halogens is 1. The molecule has 4 heteroatoms. The molecular formula is C19H27ClN2O. The number of likely N-dealkylation sites (tertiary alicyclic amines) is 1. The number of piperidine rings is 1. The molecule has 126 valence electrons. The van der Waals surface area contributed by atoms with Gasteiger partial charge in [0.1, 0.15) is 0 Å². The Bertz CT molecular complexity index is 533. The van der Waals surface area contributed by atoms with Crippen LogP contribution in [0.5, 0.6) is 0 Å². The molecule has 1 amide bonds. The number of hydrogen-bond donors (Lipinski definition) is 0. The van der Waals surface area contributed by atoms with Crippen LogP contribution in [0, 0.1) is 5.92 Å². The van der Waals surface area contributed by atoms with Crippen molar-refractivity contribution in [1.29, 1.82) is 0 Å². The first kappa shape index (κ1) is 18.0. The molecule has 1 aliphatic heterocycles. The second-order valence-electron chi connectivity index (χ2n) is 6.49. The minimum Gasteiger partial charge on any atom is -0.339 e. The summed E-state index contributed by atoms with van der Waals surface area (Å²) in [5.41, 5.74) is 2.32. The predicted octanol–water partition coefficient (Wildman–Crippen LogP) is 3.98. The first-order chi connectivity index (χ1) is 11.0. The van der Waals surface area contributed by atoms with E-state index in [-0.39, 0.29) is 5.92 Å². The van der Waals surface area contributed by atoms with E-state index in [1.165, 1.54) is 5.56 Å². The third kappa shape index (κ3) is 5.36. The van der Waals surface area contributed by atoms with Crippen molar-refractivity contribution in [1.82, 2.24) is 9.80 Å². The van der Waals surface area contributed by atoms with Crippen molar-refractivity contribution in [2.75, 3.05) is 26.2 Å². The Morgan fingerprint density at radius 3 is 2.43 bits per heavy atom. The summed E-state index contributed by atoms with van der Waals surface area (Å²) in [5.74, 6) is 0.456. The van der Waals surface area contributed by atoms with E-state index in [9.17, 15) is 4.79 Å². The third-order valence-corrected chi connectivity index (χ3v) is 4.66. The van der Waals surface area contributed by atoms with Gasteiger partial charge in [0.25, 0.3) is 0 Å². The molecule has 0 aliphatic carbocycles. The van der Waals surface area contributed by atoms with E-state index in [1.807, 2.05) is 30.9 Å². The third-order valence-electron chi connectivity index (χ3n) is 4.41. The zero-order valence-corrected chi connectivity index (χ0v) is 15.0. The molecule has 0 bridgehead atoms. The Hall–Kier alpha value is -1.32. The van der Waals surface area contributed by atoms with E-state index in [1.54, 1.807) is 0 Å². The van der Waals surface area contributed by atoms with Crippen LogP contribution in [-0.2, 0) is 11.3 Å². The van der Waals surface area contributed by atoms with Gasteiger partial charge >= 0.3 is 0 Å². The van der Waals surface area contributed by atoms with Crippen molar-refractivity contribution in [2.45, 2.75) is 33.2 Å². The normalized spacial score (nSPS) is 16.3. The zero-order valence-electron chi connectivity index (χ0n) is 14.2. The molecule has 0 spiro atoms. The van der Waals surface area contributed by atoms with Crippen LogP contribution in [0.15, 0.2) is 36.4 Å². The summed E-state index contributed by atoms with van der Waals surface area (Å²) in [6, 6.07) is 8.02. The molecule has 23 heavy (non-hydrogen) atoms. The smallest absolute Gasteiger partial charge is 0.226 e. The molecule has 1 fully saturated rings. The summed E-state index contributed by atoms with van der Waals surface area (Å²) in [6.45, 7) is 12.3. The highest BCUT2D eigenvalue weighted by atomic mass is 35.5. The monoisotopic (exact) mass is 334 g/mol. The van der Waals surface area contributed by atoms with Gasteiger partial charge < -0.3 is 4.90 Å². The molecular weight excluding hydrogens is 308 g/mol. The van der Waals surface area contributed by atoms with Crippen molar-refractivity contribution >= 4 is 17.5 Å². The highest BCUT2D eigenvalue weighted by molar-refractivity contribution is 6.30. The molecule has 3 nitrogen and oxygen atoms in total. The topological polar surface area (TPSA) is 23.6 Å². The highest BCUT2D eigenvalue weighted by Crippen LogP contribution is 2.22. The molecule has 0 radical (unpaired) electrons. The van der Waals surface area contributed by atoms with Gasteiger partial charge in [-0.05, 0) is 57.5 Å². The van der Waals surface area contributed by atoms with E-state index >= 15 is 0 Å². The highest BCUT2D eigenvalue weighted by Gasteiger charge is 2.27. The lowest BCUT2D eigenvalue weighted by atomic mass is 9.94. The Labute approximate surface area is 144 Å². The van der Waals surface area contributed by atoms with Crippen LogP contribution in [-0.4, -0.2) is 41.9 Å². The van der Waals surface area contributed by atoms with Crippen molar-refractivity contribution in [2.24, 2.45) is 5.92 Å². The molecule has 1 aromatic carbocycles. The molecule has 1 saturated heterocycles. The molecule has 0 aromatic heterocycles. The van der Waals surface area contributed by atoms with Gasteiger partial charge in [-0.2, -0.15) is 0 Å². The van der Waals surface area contributed by atoms with Crippen LogP contribution >= 0.6 is 11.6 Å². The lowest BCUT2D eigenvalue weighted by Crippen LogP contribution is -2.42. The SMILES string of the molecule is C=C(C)CN(CC)C(=O)C1CCN(Cc2ccc(Cl)cc2)CC1. The quantitative estimate of drug-likeness (QED) is 0.735. The number of rotatable bonds is 6. The fourth-order valence-electron chi connectivity index (χ4n) is 3.12. The maximum atomic E-state index is 12.6. The number of nitrogens with zero attached hydrogens (tertiary/aromatic N) is 2. The maximum absolute atomic E-state index is 12.6. The molecule has 1 aromatic rings. The largest absolute Gasteiger partial charge is 0.339 e. The number of likely N-dealkylation sites (N-methyl/N-ethyl adjacent to an activating group) is 1. The number of amides is 1. The Balaban J connectivity index is 1.84. The summed E-state index contributed by atoms with van der Waals surface area (Å²) >= 11 is 5.93. The molecule has 1 heterocycles. The van der Waals surface area contributed by atoms with Gasteiger partial charge in [-0.15, -0.1) is 0 Å². The first-order valence-corrected chi connectivity index (χ1v) is 8.77. The van der Waals surface area contributed by atoms with Crippen molar-refractivity contribution in [3.8, 4) is 0 Å². The summed E-state index contributed by atoms with van der Waals surface area (Å²) in [4.78, 5) is 17.0. The van der Waals surface area contributed by atoms with Gasteiger partial charge in [-0.3, -0.25) is 9.69 Å². The van der Waals surface area contributed by atoms with E-state index in [4.69, 9.17) is 11.6 Å². The summed E-state index contributed by atoms with van der Waals surface area (Å²) < 4.78 is 0. The van der Waals surface area contributed by atoms with Gasteiger partial charge in [-0.1, -0.05) is 35.9 Å². The molecule has 0 N–H and O–H groups in total. The van der Waals surface area contributed by atoms with Gasteiger partial charge in [0.15, 0.2) is 0 Å². The molecule has 0 saturated carbocycles. The standard InChI is InChI=1S/C19H27ClN2O/c1-4-22(13-15(2)3)19(23)17-9-11-21(12-10-17)14-16-5-7-18(20)8-6-16/h5-8,17H,2,4,9-14H2,1,3H3. The number of benzene rings is 1. The van der Waals surface area contributed by atoms with Crippen LogP contribution in [0.25, 0.3) is 0 Å². The Kier molecular flexibility index (Phi) is 6.67. The number of hydrogen-bond acceptors (Lipinski definition) is 2. The zero-order chi connectivity index (χ0) is 16.8.